The minimum absolute atomic E-state index is 0.0486. The summed E-state index contributed by atoms with van der Waals surface area (Å²) in [5, 5.41) is 13.9. The van der Waals surface area contributed by atoms with E-state index in [1.807, 2.05) is 13.8 Å². The van der Waals surface area contributed by atoms with Gasteiger partial charge >= 0.3 is 0 Å². The Hall–Kier alpha value is -2.49. The molecule has 26 heavy (non-hydrogen) atoms. The van der Waals surface area contributed by atoms with Crippen LogP contribution in [-0.4, -0.2) is 46.8 Å². The summed E-state index contributed by atoms with van der Waals surface area (Å²) < 4.78 is 26.8. The van der Waals surface area contributed by atoms with E-state index in [0.29, 0.717) is 24.3 Å². The van der Waals surface area contributed by atoms with Gasteiger partial charge in [0.05, 0.1) is 11.4 Å². The average Bonchev–Trinajstić information content (AvgIpc) is 3.25. The van der Waals surface area contributed by atoms with Crippen LogP contribution in [0.2, 0.25) is 0 Å². The minimum atomic E-state index is -3.21. The summed E-state index contributed by atoms with van der Waals surface area (Å²) in [6.45, 7) is 4.46. The Morgan fingerprint density at radius 2 is 2.04 bits per heavy atom. The number of carbonyl (C=O) groups is 1. The van der Waals surface area contributed by atoms with Crippen LogP contribution in [0.4, 0.5) is 11.4 Å². The zero-order valence-electron chi connectivity index (χ0n) is 14.7. The first-order chi connectivity index (χ1) is 12.4. The molecule has 1 N–H and O–H groups in total. The molecule has 1 aliphatic rings. The van der Waals surface area contributed by atoms with Crippen molar-refractivity contribution in [3.8, 4) is 0 Å². The van der Waals surface area contributed by atoms with E-state index in [4.69, 9.17) is 0 Å². The third kappa shape index (κ3) is 3.69. The van der Waals surface area contributed by atoms with Crippen molar-refractivity contribution in [2.24, 2.45) is 5.92 Å². The second-order valence-electron chi connectivity index (χ2n) is 6.40. The van der Waals surface area contributed by atoms with Gasteiger partial charge in [0.2, 0.25) is 15.9 Å². The van der Waals surface area contributed by atoms with Gasteiger partial charge in [-0.3, -0.25) is 9.10 Å². The van der Waals surface area contributed by atoms with Gasteiger partial charge in [0.25, 0.3) is 0 Å². The summed E-state index contributed by atoms with van der Waals surface area (Å²) in [7, 11) is -3.21. The van der Waals surface area contributed by atoms with Crippen molar-refractivity contribution < 1.29 is 13.2 Å². The number of sulfonamides is 1. The summed E-state index contributed by atoms with van der Waals surface area (Å²) >= 11 is 0. The van der Waals surface area contributed by atoms with Crippen LogP contribution in [0.1, 0.15) is 32.7 Å². The third-order valence-electron chi connectivity index (χ3n) is 4.62. The second-order valence-corrected chi connectivity index (χ2v) is 8.41. The van der Waals surface area contributed by atoms with Crippen molar-refractivity contribution in [1.29, 1.82) is 0 Å². The van der Waals surface area contributed by atoms with E-state index < -0.39 is 16.1 Å². The molecule has 2 aromatic rings. The zero-order chi connectivity index (χ0) is 18.7. The smallest absolute Gasteiger partial charge is 0.249 e. The van der Waals surface area contributed by atoms with Crippen LogP contribution in [-0.2, 0) is 14.8 Å². The van der Waals surface area contributed by atoms with Crippen LogP contribution < -0.4 is 9.62 Å². The molecule has 1 aliphatic heterocycles. The lowest BCUT2D eigenvalue weighted by Crippen LogP contribution is -2.31. The molecule has 0 radical (unpaired) electrons. The molecule has 1 aromatic carbocycles. The number of anilines is 2. The van der Waals surface area contributed by atoms with Crippen molar-refractivity contribution in [2.45, 2.75) is 32.7 Å². The first-order valence-electron chi connectivity index (χ1n) is 8.56. The zero-order valence-corrected chi connectivity index (χ0v) is 15.6. The number of nitrogens with zero attached hydrogens (tertiary/aromatic N) is 5. The predicted molar refractivity (Wildman–Crippen MR) is 97.1 cm³/mol. The number of rotatable bonds is 6. The number of benzene rings is 1. The Balaban J connectivity index is 1.74. The van der Waals surface area contributed by atoms with E-state index in [1.54, 1.807) is 24.3 Å². The maximum Gasteiger partial charge on any atom is 0.249 e. The molecular weight excluding hydrogens is 356 g/mol. The van der Waals surface area contributed by atoms with Gasteiger partial charge in [-0.15, -0.1) is 5.10 Å². The molecule has 10 heteroatoms. The van der Waals surface area contributed by atoms with Crippen LogP contribution in [0.25, 0.3) is 0 Å². The number of carbonyl (C=O) groups excluding carboxylic acids is 1. The highest BCUT2D eigenvalue weighted by molar-refractivity contribution is 7.93. The lowest BCUT2D eigenvalue weighted by atomic mass is 9.98. The second kappa shape index (κ2) is 7.40. The number of nitrogens with one attached hydrogen (secondary N) is 1. The molecule has 0 unspecified atom stereocenters. The summed E-state index contributed by atoms with van der Waals surface area (Å²) in [6.07, 6.45) is 2.85. The molecule has 0 bridgehead atoms. The fourth-order valence-electron chi connectivity index (χ4n) is 3.02. The summed E-state index contributed by atoms with van der Waals surface area (Å²) in [5.74, 6) is 0.00861. The van der Waals surface area contributed by atoms with Crippen LogP contribution in [0, 0.1) is 5.92 Å². The van der Waals surface area contributed by atoms with E-state index in [1.165, 1.54) is 15.3 Å². The lowest BCUT2D eigenvalue weighted by molar-refractivity contribution is -0.121. The maximum atomic E-state index is 12.7. The Morgan fingerprint density at radius 1 is 1.31 bits per heavy atom. The Bertz CT molecular complexity index is 851. The number of amides is 1. The molecule has 0 aliphatic carbocycles. The van der Waals surface area contributed by atoms with Gasteiger partial charge in [0.1, 0.15) is 12.4 Å². The predicted octanol–water partition coefficient (Wildman–Crippen LogP) is 1.44. The standard InChI is InChI=1S/C16H22N6O3S/c1-3-12(2)15(21-11-17-19-20-21)16(23)18-13-5-7-14(8-6-13)22-9-4-10-26(22,24)25/h5-8,11-12,15H,3-4,9-10H2,1-2H3,(H,18,23)/t12-,15-/m0/s1. The Labute approximate surface area is 152 Å². The molecule has 2 atom stereocenters. The Kier molecular flexibility index (Phi) is 5.21. The van der Waals surface area contributed by atoms with E-state index >= 15 is 0 Å². The third-order valence-corrected chi connectivity index (χ3v) is 6.49. The van der Waals surface area contributed by atoms with E-state index in [0.717, 1.165) is 6.42 Å². The number of hydrogen-bond donors (Lipinski definition) is 1. The van der Waals surface area contributed by atoms with Gasteiger partial charge in [-0.25, -0.2) is 13.1 Å². The Morgan fingerprint density at radius 3 is 2.58 bits per heavy atom. The molecular formula is C16H22N6O3S. The molecule has 0 spiro atoms. The van der Waals surface area contributed by atoms with Gasteiger partial charge in [-0.1, -0.05) is 20.3 Å². The molecule has 9 nitrogen and oxygen atoms in total. The molecule has 140 valence electrons. The van der Waals surface area contributed by atoms with Crippen LogP contribution in [0.15, 0.2) is 30.6 Å². The molecule has 1 saturated heterocycles. The average molecular weight is 378 g/mol. The number of aromatic nitrogens is 4. The fourth-order valence-corrected chi connectivity index (χ4v) is 4.58. The largest absolute Gasteiger partial charge is 0.324 e. The summed E-state index contributed by atoms with van der Waals surface area (Å²) in [4.78, 5) is 12.7. The highest BCUT2D eigenvalue weighted by Gasteiger charge is 2.29. The highest BCUT2D eigenvalue weighted by Crippen LogP contribution is 2.26. The van der Waals surface area contributed by atoms with Crippen LogP contribution in [0.3, 0.4) is 0 Å². The first kappa shape index (κ1) is 18.3. The van der Waals surface area contributed by atoms with Gasteiger partial charge in [-0.2, -0.15) is 0 Å². The van der Waals surface area contributed by atoms with Gasteiger partial charge < -0.3 is 5.32 Å². The number of hydrogen-bond acceptors (Lipinski definition) is 6. The first-order valence-corrected chi connectivity index (χ1v) is 10.2. The quantitative estimate of drug-likeness (QED) is 0.814. The van der Waals surface area contributed by atoms with Crippen molar-refractivity contribution >= 4 is 27.3 Å². The molecule has 3 rings (SSSR count). The van der Waals surface area contributed by atoms with Crippen molar-refractivity contribution in [2.75, 3.05) is 21.9 Å². The SMILES string of the molecule is CC[C@H](C)[C@@H](C(=O)Nc1ccc(N2CCCS2(=O)=O)cc1)n1cnnn1. The van der Waals surface area contributed by atoms with E-state index in [9.17, 15) is 13.2 Å². The normalized spacial score (nSPS) is 18.5. The molecule has 1 aromatic heterocycles. The van der Waals surface area contributed by atoms with Crippen LogP contribution in [0.5, 0.6) is 0 Å². The fraction of sp³-hybridized carbons (Fsp3) is 0.500. The van der Waals surface area contributed by atoms with E-state index in [2.05, 4.69) is 20.8 Å². The topological polar surface area (TPSA) is 110 Å². The molecule has 1 fully saturated rings. The van der Waals surface area contributed by atoms with Crippen LogP contribution >= 0.6 is 0 Å². The van der Waals surface area contributed by atoms with Crippen molar-refractivity contribution in [3.63, 3.8) is 0 Å². The summed E-state index contributed by atoms with van der Waals surface area (Å²) in [5.41, 5.74) is 1.20. The lowest BCUT2D eigenvalue weighted by Gasteiger charge is -2.22. The monoisotopic (exact) mass is 378 g/mol. The van der Waals surface area contributed by atoms with Gasteiger partial charge in [-0.05, 0) is 47.0 Å². The highest BCUT2D eigenvalue weighted by atomic mass is 32.2. The van der Waals surface area contributed by atoms with E-state index in [-0.39, 0.29) is 17.6 Å². The summed E-state index contributed by atoms with van der Waals surface area (Å²) in [6, 6.07) is 6.29. The maximum absolute atomic E-state index is 12.7. The molecule has 1 amide bonds. The van der Waals surface area contributed by atoms with Crippen molar-refractivity contribution in [1.82, 2.24) is 20.2 Å². The number of tetrazole rings is 1. The minimum Gasteiger partial charge on any atom is -0.324 e. The van der Waals surface area contributed by atoms with Gasteiger partial charge in [0, 0.05) is 12.2 Å². The van der Waals surface area contributed by atoms with Gasteiger partial charge in [0.15, 0.2) is 0 Å². The van der Waals surface area contributed by atoms with Crippen molar-refractivity contribution in [3.05, 3.63) is 30.6 Å². The molecule has 2 heterocycles. The molecule has 0 saturated carbocycles.